The number of carbonyl (C=O) groups is 2. The van der Waals surface area contributed by atoms with Gasteiger partial charge in [0.2, 0.25) is 0 Å². The number of nitrogens with zero attached hydrogens (tertiary/aromatic N) is 3. The van der Waals surface area contributed by atoms with Crippen LogP contribution in [0.1, 0.15) is 21.7 Å². The smallest absolute Gasteiger partial charge is 0.328 e. The molecule has 7 heteroatoms. The fourth-order valence-corrected chi connectivity index (χ4v) is 1.49. The largest absolute Gasteiger partial charge is 0.478 e. The quantitative estimate of drug-likeness (QED) is 0.790. The van der Waals surface area contributed by atoms with E-state index in [1.807, 2.05) is 0 Å². The molecule has 2 rings (SSSR count). The van der Waals surface area contributed by atoms with Crippen LogP contribution in [0.3, 0.4) is 0 Å². The van der Waals surface area contributed by atoms with Crippen molar-refractivity contribution in [3.05, 3.63) is 59.7 Å². The maximum atomic E-state index is 11.9. The molecule has 2 aromatic heterocycles. The maximum Gasteiger partial charge on any atom is 0.328 e. The van der Waals surface area contributed by atoms with Gasteiger partial charge in [-0.25, -0.2) is 4.79 Å². The lowest BCUT2D eigenvalue weighted by Crippen LogP contribution is -2.24. The summed E-state index contributed by atoms with van der Waals surface area (Å²) in [6.07, 6.45) is 5.38. The summed E-state index contributed by atoms with van der Waals surface area (Å²) in [5.74, 6) is -1.38. The number of carbonyl (C=O) groups excluding carboxylic acids is 1. The lowest BCUT2D eigenvalue weighted by atomic mass is 10.2. The number of rotatable bonds is 5. The molecule has 0 fully saturated rings. The molecule has 0 unspecified atom stereocenters. The Morgan fingerprint density at radius 2 is 2.14 bits per heavy atom. The number of aromatic nitrogens is 3. The molecule has 2 aromatic rings. The molecule has 2 N–H and O–H groups in total. The highest BCUT2D eigenvalue weighted by Gasteiger charge is 2.06. The highest BCUT2D eigenvalue weighted by Crippen LogP contribution is 2.03. The normalized spacial score (nSPS) is 10.5. The number of carboxylic acid groups (broad SMARTS) is 1. The van der Waals surface area contributed by atoms with Crippen LogP contribution in [0.4, 0.5) is 0 Å². The first-order valence-electron chi connectivity index (χ1n) is 6.07. The van der Waals surface area contributed by atoms with Crippen molar-refractivity contribution in [2.24, 2.45) is 0 Å². The van der Waals surface area contributed by atoms with E-state index in [1.54, 1.807) is 24.4 Å². The Kier molecular flexibility index (Phi) is 4.70. The second-order valence-corrected chi connectivity index (χ2v) is 4.05. The minimum absolute atomic E-state index is 0.242. The summed E-state index contributed by atoms with van der Waals surface area (Å²) in [7, 11) is 0. The van der Waals surface area contributed by atoms with Gasteiger partial charge in [-0.15, -0.1) is 0 Å². The number of hydrogen-bond acceptors (Lipinski definition) is 5. The van der Waals surface area contributed by atoms with E-state index in [0.29, 0.717) is 11.3 Å². The first-order valence-corrected chi connectivity index (χ1v) is 6.07. The molecule has 106 valence electrons. The van der Waals surface area contributed by atoms with Gasteiger partial charge in [0.05, 0.1) is 12.2 Å². The second-order valence-electron chi connectivity index (χ2n) is 4.05. The zero-order valence-corrected chi connectivity index (χ0v) is 10.9. The minimum Gasteiger partial charge on any atom is -0.478 e. The second kappa shape index (κ2) is 6.90. The van der Waals surface area contributed by atoms with Crippen molar-refractivity contribution in [2.45, 2.75) is 6.54 Å². The SMILES string of the molecule is O=C(O)/C=C/c1ccc(C(=O)NCc2cccnn2)nc1. The van der Waals surface area contributed by atoms with Gasteiger partial charge >= 0.3 is 5.97 Å². The molecule has 0 saturated carbocycles. The topological polar surface area (TPSA) is 105 Å². The van der Waals surface area contributed by atoms with Crippen LogP contribution in [0.25, 0.3) is 6.08 Å². The average Bonchev–Trinajstić information content (AvgIpc) is 2.52. The Hall–Kier alpha value is -3.09. The van der Waals surface area contributed by atoms with Gasteiger partial charge in [0.15, 0.2) is 0 Å². The van der Waals surface area contributed by atoms with Gasteiger partial charge in [0.1, 0.15) is 5.69 Å². The van der Waals surface area contributed by atoms with E-state index < -0.39 is 5.97 Å². The van der Waals surface area contributed by atoms with Crippen molar-refractivity contribution in [2.75, 3.05) is 0 Å². The van der Waals surface area contributed by atoms with Crippen LogP contribution < -0.4 is 5.32 Å². The number of nitrogens with one attached hydrogen (secondary N) is 1. The molecule has 7 nitrogen and oxygen atoms in total. The van der Waals surface area contributed by atoms with Crippen LogP contribution in [0.15, 0.2) is 42.7 Å². The third-order valence-corrected chi connectivity index (χ3v) is 2.49. The van der Waals surface area contributed by atoms with Gasteiger partial charge in [0.25, 0.3) is 5.91 Å². The monoisotopic (exact) mass is 284 g/mol. The van der Waals surface area contributed by atoms with E-state index >= 15 is 0 Å². The Morgan fingerprint density at radius 1 is 1.29 bits per heavy atom. The number of aliphatic carboxylic acids is 1. The minimum atomic E-state index is -1.04. The van der Waals surface area contributed by atoms with Crippen LogP contribution in [0.2, 0.25) is 0 Å². The van der Waals surface area contributed by atoms with E-state index in [-0.39, 0.29) is 18.1 Å². The fraction of sp³-hybridized carbons (Fsp3) is 0.0714. The van der Waals surface area contributed by atoms with Gasteiger partial charge in [-0.05, 0) is 29.8 Å². The zero-order chi connectivity index (χ0) is 15.1. The van der Waals surface area contributed by atoms with E-state index in [1.165, 1.54) is 18.3 Å². The highest BCUT2D eigenvalue weighted by molar-refractivity contribution is 5.92. The molecule has 21 heavy (non-hydrogen) atoms. The summed E-state index contributed by atoms with van der Waals surface area (Å²) >= 11 is 0. The maximum absolute atomic E-state index is 11.9. The van der Waals surface area contributed by atoms with Gasteiger partial charge < -0.3 is 10.4 Å². The standard InChI is InChI=1S/C14H12N4O3/c19-13(20)6-4-10-3-5-12(15-8-10)14(21)16-9-11-2-1-7-17-18-11/h1-8H,9H2,(H,16,21)(H,19,20)/b6-4+. The third kappa shape index (κ3) is 4.50. The molecule has 0 bridgehead atoms. The summed E-state index contributed by atoms with van der Waals surface area (Å²) in [6, 6.07) is 6.62. The first-order chi connectivity index (χ1) is 10.1. The summed E-state index contributed by atoms with van der Waals surface area (Å²) in [4.78, 5) is 26.2. The molecule has 0 aliphatic rings. The predicted octanol–water partition coefficient (Wildman–Crippen LogP) is 0.899. The van der Waals surface area contributed by atoms with Crippen molar-refractivity contribution < 1.29 is 14.7 Å². The van der Waals surface area contributed by atoms with Crippen LogP contribution >= 0.6 is 0 Å². The van der Waals surface area contributed by atoms with Crippen molar-refractivity contribution in [3.63, 3.8) is 0 Å². The molecule has 1 amide bonds. The molecular weight excluding hydrogens is 272 g/mol. The molecule has 0 spiro atoms. The molecule has 0 saturated heterocycles. The summed E-state index contributed by atoms with van der Waals surface area (Å²) in [5.41, 5.74) is 1.49. The van der Waals surface area contributed by atoms with Crippen LogP contribution in [-0.2, 0) is 11.3 Å². The van der Waals surface area contributed by atoms with E-state index in [2.05, 4.69) is 20.5 Å². The van der Waals surface area contributed by atoms with Crippen LogP contribution in [0.5, 0.6) is 0 Å². The average molecular weight is 284 g/mol. The lowest BCUT2D eigenvalue weighted by Gasteiger charge is -2.03. The zero-order valence-electron chi connectivity index (χ0n) is 10.9. The molecule has 0 atom stereocenters. The van der Waals surface area contributed by atoms with E-state index in [4.69, 9.17) is 5.11 Å². The van der Waals surface area contributed by atoms with E-state index in [0.717, 1.165) is 6.08 Å². The molecule has 0 radical (unpaired) electrons. The van der Waals surface area contributed by atoms with Crippen molar-refractivity contribution >= 4 is 18.0 Å². The Morgan fingerprint density at radius 3 is 2.76 bits per heavy atom. The molecule has 0 aliphatic carbocycles. The van der Waals surface area contributed by atoms with Gasteiger partial charge in [-0.1, -0.05) is 6.07 Å². The summed E-state index contributed by atoms with van der Waals surface area (Å²) in [6.45, 7) is 0.259. The van der Waals surface area contributed by atoms with Crippen molar-refractivity contribution in [1.29, 1.82) is 0 Å². The first kappa shape index (κ1) is 14.3. The van der Waals surface area contributed by atoms with Crippen LogP contribution in [0, 0.1) is 0 Å². The highest BCUT2D eigenvalue weighted by atomic mass is 16.4. The van der Waals surface area contributed by atoms with Crippen molar-refractivity contribution in [1.82, 2.24) is 20.5 Å². The molecular formula is C14H12N4O3. The number of amides is 1. The summed E-state index contributed by atoms with van der Waals surface area (Å²) in [5, 5.41) is 18.7. The lowest BCUT2D eigenvalue weighted by molar-refractivity contribution is -0.131. The molecule has 0 aliphatic heterocycles. The third-order valence-electron chi connectivity index (χ3n) is 2.49. The Labute approximate surface area is 120 Å². The number of hydrogen-bond donors (Lipinski definition) is 2. The Bertz CT molecular complexity index is 654. The van der Waals surface area contributed by atoms with Gasteiger partial charge in [-0.2, -0.15) is 10.2 Å². The molecule has 0 aromatic carbocycles. The summed E-state index contributed by atoms with van der Waals surface area (Å²) < 4.78 is 0. The van der Waals surface area contributed by atoms with Gasteiger partial charge in [0, 0.05) is 18.5 Å². The molecule has 2 heterocycles. The van der Waals surface area contributed by atoms with Crippen molar-refractivity contribution in [3.8, 4) is 0 Å². The van der Waals surface area contributed by atoms with Crippen LogP contribution in [-0.4, -0.2) is 32.2 Å². The number of carboxylic acids is 1. The Balaban J connectivity index is 1.95. The van der Waals surface area contributed by atoms with E-state index in [9.17, 15) is 9.59 Å². The van der Waals surface area contributed by atoms with Gasteiger partial charge in [-0.3, -0.25) is 9.78 Å². The number of pyridine rings is 1. The fourth-order valence-electron chi connectivity index (χ4n) is 1.49. The predicted molar refractivity (Wildman–Crippen MR) is 74.1 cm³/mol.